The third-order valence-corrected chi connectivity index (χ3v) is 4.33. The van der Waals surface area contributed by atoms with Crippen molar-refractivity contribution < 1.29 is 8.78 Å². The standard InChI is InChI=1S/C18H13ClF2N4/c1-18(2)8-9-7-10(19)3-4-11(9)15(23-18)17-22-13-6-5-12(20)14(21)16(13)24-25-17/h3-7H,8H2,1-2H3. The number of aliphatic imine (C=N–C) groups is 1. The number of halogens is 3. The summed E-state index contributed by atoms with van der Waals surface area (Å²) in [7, 11) is 0. The van der Waals surface area contributed by atoms with E-state index in [4.69, 9.17) is 16.6 Å². The van der Waals surface area contributed by atoms with Crippen LogP contribution in [-0.4, -0.2) is 26.4 Å². The number of fused-ring (bicyclic) bond motifs is 2. The van der Waals surface area contributed by atoms with E-state index in [0.717, 1.165) is 23.6 Å². The van der Waals surface area contributed by atoms with E-state index >= 15 is 0 Å². The Morgan fingerprint density at radius 2 is 1.88 bits per heavy atom. The summed E-state index contributed by atoms with van der Waals surface area (Å²) in [5.74, 6) is -1.76. The minimum Gasteiger partial charge on any atom is -0.274 e. The molecule has 0 amide bonds. The van der Waals surface area contributed by atoms with Gasteiger partial charge in [0.05, 0.1) is 11.1 Å². The van der Waals surface area contributed by atoms with E-state index in [0.29, 0.717) is 10.7 Å². The van der Waals surface area contributed by atoms with Crippen LogP contribution in [0.3, 0.4) is 0 Å². The van der Waals surface area contributed by atoms with Crippen LogP contribution in [0.2, 0.25) is 5.02 Å². The molecule has 0 aliphatic carbocycles. The summed E-state index contributed by atoms with van der Waals surface area (Å²) < 4.78 is 27.1. The van der Waals surface area contributed by atoms with Crippen molar-refractivity contribution >= 4 is 28.3 Å². The van der Waals surface area contributed by atoms with E-state index in [1.807, 2.05) is 26.0 Å². The van der Waals surface area contributed by atoms with Crippen molar-refractivity contribution in [3.8, 4) is 0 Å². The van der Waals surface area contributed by atoms with Crippen LogP contribution in [0.5, 0.6) is 0 Å². The zero-order valence-corrected chi connectivity index (χ0v) is 14.3. The van der Waals surface area contributed by atoms with Crippen LogP contribution < -0.4 is 0 Å². The van der Waals surface area contributed by atoms with E-state index in [-0.39, 0.29) is 22.4 Å². The van der Waals surface area contributed by atoms with E-state index < -0.39 is 11.6 Å². The van der Waals surface area contributed by atoms with E-state index in [9.17, 15) is 8.78 Å². The fraction of sp³-hybridized carbons (Fsp3) is 0.222. The SMILES string of the molecule is CC1(C)Cc2cc(Cl)ccc2C(c2nnc3c(F)c(F)ccc3n2)=N1. The lowest BCUT2D eigenvalue weighted by Gasteiger charge is -2.28. The molecule has 7 heteroatoms. The van der Waals surface area contributed by atoms with Crippen LogP contribution in [0.4, 0.5) is 8.78 Å². The highest BCUT2D eigenvalue weighted by Crippen LogP contribution is 2.30. The van der Waals surface area contributed by atoms with Gasteiger partial charge in [-0.3, -0.25) is 4.99 Å². The number of hydrogen-bond acceptors (Lipinski definition) is 4. The van der Waals surface area contributed by atoms with Crippen molar-refractivity contribution in [1.82, 2.24) is 15.2 Å². The van der Waals surface area contributed by atoms with Crippen molar-refractivity contribution in [2.24, 2.45) is 4.99 Å². The van der Waals surface area contributed by atoms with Gasteiger partial charge in [0.1, 0.15) is 5.71 Å². The quantitative estimate of drug-likeness (QED) is 0.657. The lowest BCUT2D eigenvalue weighted by molar-refractivity contribution is 0.512. The van der Waals surface area contributed by atoms with Gasteiger partial charge in [0.15, 0.2) is 17.2 Å². The van der Waals surface area contributed by atoms with Gasteiger partial charge >= 0.3 is 0 Å². The predicted octanol–water partition coefficient (Wildman–Crippen LogP) is 4.13. The molecule has 0 unspecified atom stereocenters. The molecule has 4 rings (SSSR count). The Labute approximate surface area is 147 Å². The lowest BCUT2D eigenvalue weighted by Crippen LogP contribution is -2.30. The minimum atomic E-state index is -1.05. The van der Waals surface area contributed by atoms with Crippen LogP contribution in [0, 0.1) is 11.6 Å². The number of benzene rings is 2. The average Bonchev–Trinajstić information content (AvgIpc) is 2.56. The third-order valence-electron chi connectivity index (χ3n) is 4.09. The summed E-state index contributed by atoms with van der Waals surface area (Å²) in [5.41, 5.74) is 2.14. The van der Waals surface area contributed by atoms with Gasteiger partial charge in [-0.25, -0.2) is 13.8 Å². The molecular weight excluding hydrogens is 346 g/mol. The number of nitrogens with zero attached hydrogens (tertiary/aromatic N) is 4. The van der Waals surface area contributed by atoms with Crippen LogP contribution in [-0.2, 0) is 6.42 Å². The molecule has 3 aromatic rings. The predicted molar refractivity (Wildman–Crippen MR) is 92.1 cm³/mol. The minimum absolute atomic E-state index is 0.198. The van der Waals surface area contributed by atoms with Gasteiger partial charge in [0.2, 0.25) is 5.82 Å². The third kappa shape index (κ3) is 2.76. The van der Waals surface area contributed by atoms with E-state index in [1.165, 1.54) is 6.07 Å². The van der Waals surface area contributed by atoms with Crippen molar-refractivity contribution in [2.45, 2.75) is 25.8 Å². The van der Waals surface area contributed by atoms with Gasteiger partial charge in [-0.1, -0.05) is 17.7 Å². The Morgan fingerprint density at radius 3 is 2.68 bits per heavy atom. The Balaban J connectivity index is 1.93. The number of rotatable bonds is 1. The average molecular weight is 359 g/mol. The highest BCUT2D eigenvalue weighted by atomic mass is 35.5. The van der Waals surface area contributed by atoms with Crippen LogP contribution >= 0.6 is 11.6 Å². The first kappa shape index (κ1) is 16.0. The molecule has 0 fully saturated rings. The second-order valence-electron chi connectivity index (χ2n) is 6.62. The maximum atomic E-state index is 13.8. The van der Waals surface area contributed by atoms with Gasteiger partial charge in [0, 0.05) is 10.6 Å². The maximum absolute atomic E-state index is 13.8. The zero-order chi connectivity index (χ0) is 17.8. The molecule has 1 aliphatic rings. The maximum Gasteiger partial charge on any atom is 0.201 e. The molecule has 2 aromatic carbocycles. The molecule has 1 aromatic heterocycles. The molecule has 0 saturated heterocycles. The molecule has 0 radical (unpaired) electrons. The van der Waals surface area contributed by atoms with Gasteiger partial charge in [0.25, 0.3) is 0 Å². The van der Waals surface area contributed by atoms with Crippen molar-refractivity contribution in [3.63, 3.8) is 0 Å². The molecule has 126 valence electrons. The topological polar surface area (TPSA) is 51.0 Å². The molecule has 2 heterocycles. The van der Waals surface area contributed by atoms with Crippen molar-refractivity contribution in [1.29, 1.82) is 0 Å². The Morgan fingerprint density at radius 1 is 1.08 bits per heavy atom. The van der Waals surface area contributed by atoms with E-state index in [1.54, 1.807) is 6.07 Å². The number of hydrogen-bond donors (Lipinski definition) is 0. The van der Waals surface area contributed by atoms with Crippen molar-refractivity contribution in [3.05, 3.63) is 63.9 Å². The zero-order valence-electron chi connectivity index (χ0n) is 13.5. The van der Waals surface area contributed by atoms with Gasteiger partial charge in [-0.05, 0) is 50.1 Å². The fourth-order valence-electron chi connectivity index (χ4n) is 3.03. The van der Waals surface area contributed by atoms with Gasteiger partial charge in [-0.15, -0.1) is 10.2 Å². The van der Waals surface area contributed by atoms with Crippen LogP contribution in [0.25, 0.3) is 11.0 Å². The van der Waals surface area contributed by atoms with E-state index in [2.05, 4.69) is 15.2 Å². The summed E-state index contributed by atoms with van der Waals surface area (Å²) in [6.45, 7) is 4.00. The summed E-state index contributed by atoms with van der Waals surface area (Å²) in [5, 5.41) is 8.45. The van der Waals surface area contributed by atoms with Crippen LogP contribution in [0.1, 0.15) is 30.8 Å². The summed E-state index contributed by atoms with van der Waals surface area (Å²) in [6, 6.07) is 7.94. The Kier molecular flexibility index (Phi) is 3.54. The van der Waals surface area contributed by atoms with Gasteiger partial charge in [-0.2, -0.15) is 0 Å². The summed E-state index contributed by atoms with van der Waals surface area (Å²) in [6.07, 6.45) is 0.729. The molecular formula is C18H13ClF2N4. The first-order valence-corrected chi connectivity index (χ1v) is 8.09. The normalized spacial score (nSPS) is 15.8. The molecule has 25 heavy (non-hydrogen) atoms. The smallest absolute Gasteiger partial charge is 0.201 e. The molecule has 0 atom stereocenters. The molecule has 0 bridgehead atoms. The fourth-order valence-corrected chi connectivity index (χ4v) is 3.22. The van der Waals surface area contributed by atoms with Crippen LogP contribution in [0.15, 0.2) is 35.3 Å². The molecule has 4 nitrogen and oxygen atoms in total. The number of aromatic nitrogens is 3. The first-order valence-electron chi connectivity index (χ1n) is 7.71. The second kappa shape index (κ2) is 5.52. The molecule has 0 N–H and O–H groups in total. The Bertz CT molecular complexity index is 1050. The lowest BCUT2D eigenvalue weighted by atomic mass is 9.86. The monoisotopic (exact) mass is 358 g/mol. The highest BCUT2D eigenvalue weighted by molar-refractivity contribution is 6.31. The summed E-state index contributed by atoms with van der Waals surface area (Å²) >= 11 is 6.11. The summed E-state index contributed by atoms with van der Waals surface area (Å²) in [4.78, 5) is 9.09. The first-order chi connectivity index (χ1) is 11.8. The Hall–Kier alpha value is -2.47. The second-order valence-corrected chi connectivity index (χ2v) is 7.05. The molecule has 1 aliphatic heterocycles. The largest absolute Gasteiger partial charge is 0.274 e. The van der Waals surface area contributed by atoms with Gasteiger partial charge < -0.3 is 0 Å². The highest BCUT2D eigenvalue weighted by Gasteiger charge is 2.29. The molecule has 0 saturated carbocycles. The molecule has 0 spiro atoms. The van der Waals surface area contributed by atoms with Crippen molar-refractivity contribution in [2.75, 3.05) is 0 Å².